The maximum absolute atomic E-state index is 13.0. The molecule has 7 nitrogen and oxygen atoms in total. The third-order valence-electron chi connectivity index (χ3n) is 6.05. The van der Waals surface area contributed by atoms with Crippen molar-refractivity contribution in [2.45, 2.75) is 26.4 Å². The summed E-state index contributed by atoms with van der Waals surface area (Å²) in [6.45, 7) is 5.46. The fraction of sp³-hybridized carbons (Fsp3) is 0.346. The molecule has 2 amide bonds. The number of para-hydroxylation sites is 1. The Labute approximate surface area is 193 Å². The first-order chi connectivity index (χ1) is 16.0. The second-order valence-corrected chi connectivity index (χ2v) is 8.39. The number of aryl methyl sites for hydroxylation is 2. The molecule has 1 saturated heterocycles. The molecule has 1 unspecified atom stereocenters. The summed E-state index contributed by atoms with van der Waals surface area (Å²) in [6.07, 6.45) is -0.0789. The zero-order valence-electron chi connectivity index (χ0n) is 19.0. The van der Waals surface area contributed by atoms with Gasteiger partial charge in [-0.3, -0.25) is 9.59 Å². The van der Waals surface area contributed by atoms with Crippen molar-refractivity contribution in [3.8, 4) is 0 Å². The van der Waals surface area contributed by atoms with E-state index in [4.69, 9.17) is 14.8 Å². The molecule has 0 bridgehead atoms. The molecule has 1 aromatic heterocycles. The van der Waals surface area contributed by atoms with Crippen LogP contribution in [0.25, 0.3) is 10.9 Å². The monoisotopic (exact) mass is 447 g/mol. The highest BCUT2D eigenvalue weighted by Crippen LogP contribution is 2.26. The lowest BCUT2D eigenvalue weighted by Gasteiger charge is -2.33. The molecule has 1 fully saturated rings. The number of carbonyl (C=O) groups excluding carboxylic acids is 2. The molecule has 33 heavy (non-hydrogen) atoms. The Hall–Kier alpha value is -3.29. The van der Waals surface area contributed by atoms with Crippen LogP contribution in [0.4, 0.5) is 0 Å². The first kappa shape index (κ1) is 22.9. The standard InChI is InChI=1S/C26H29N3O4/c1-17-7-8-19(13-18(17)2)14-25(31)29-10-12-33-24(16-29)23-15-21(26(32)27-9-11-30)20-5-3-4-6-22(20)28-23/h3-8,13,15,24,30H,9-12,14,16H2,1-2H3,(H,27,32). The molecule has 7 heteroatoms. The van der Waals surface area contributed by atoms with Gasteiger partial charge < -0.3 is 20.1 Å². The minimum atomic E-state index is -0.420. The number of ether oxygens (including phenoxy) is 1. The largest absolute Gasteiger partial charge is 0.395 e. The molecular formula is C26H29N3O4. The average molecular weight is 448 g/mol. The molecule has 2 N–H and O–H groups in total. The van der Waals surface area contributed by atoms with Crippen LogP contribution in [-0.4, -0.2) is 59.7 Å². The highest BCUT2D eigenvalue weighted by Gasteiger charge is 2.27. The molecular weight excluding hydrogens is 418 g/mol. The zero-order valence-corrected chi connectivity index (χ0v) is 19.0. The topological polar surface area (TPSA) is 91.8 Å². The molecule has 0 saturated carbocycles. The van der Waals surface area contributed by atoms with Crippen LogP contribution >= 0.6 is 0 Å². The molecule has 1 aliphatic rings. The van der Waals surface area contributed by atoms with Gasteiger partial charge in [0.2, 0.25) is 5.91 Å². The van der Waals surface area contributed by atoms with Gasteiger partial charge in [-0.1, -0.05) is 36.4 Å². The Bertz CT molecular complexity index is 1180. The van der Waals surface area contributed by atoms with E-state index in [1.165, 1.54) is 11.1 Å². The summed E-state index contributed by atoms with van der Waals surface area (Å²) in [6, 6.07) is 15.3. The number of rotatable bonds is 6. The summed E-state index contributed by atoms with van der Waals surface area (Å²) in [5, 5.41) is 12.5. The van der Waals surface area contributed by atoms with Gasteiger partial charge in [0.25, 0.3) is 5.91 Å². The van der Waals surface area contributed by atoms with Gasteiger partial charge in [-0.05, 0) is 42.7 Å². The van der Waals surface area contributed by atoms with E-state index in [0.717, 1.165) is 10.9 Å². The minimum Gasteiger partial charge on any atom is -0.395 e. The number of amides is 2. The van der Waals surface area contributed by atoms with Gasteiger partial charge in [0, 0.05) is 18.5 Å². The third-order valence-corrected chi connectivity index (χ3v) is 6.05. The summed E-state index contributed by atoms with van der Waals surface area (Å²) in [5.74, 6) is -0.226. The second kappa shape index (κ2) is 10.1. The molecule has 0 radical (unpaired) electrons. The Kier molecular flexibility index (Phi) is 7.01. The van der Waals surface area contributed by atoms with Crippen LogP contribution in [-0.2, 0) is 16.0 Å². The Balaban J connectivity index is 1.56. The highest BCUT2D eigenvalue weighted by molar-refractivity contribution is 6.06. The number of nitrogens with zero attached hydrogens (tertiary/aromatic N) is 2. The normalized spacial score (nSPS) is 16.1. The number of morpholine rings is 1. The molecule has 0 spiro atoms. The molecule has 3 aromatic rings. The van der Waals surface area contributed by atoms with Crippen molar-refractivity contribution < 1.29 is 19.4 Å². The van der Waals surface area contributed by atoms with E-state index in [1.54, 1.807) is 6.07 Å². The van der Waals surface area contributed by atoms with Crippen LogP contribution in [0.2, 0.25) is 0 Å². The average Bonchev–Trinajstić information content (AvgIpc) is 2.84. The van der Waals surface area contributed by atoms with Crippen LogP contribution < -0.4 is 5.32 Å². The fourth-order valence-electron chi connectivity index (χ4n) is 4.07. The van der Waals surface area contributed by atoms with Crippen LogP contribution in [0.15, 0.2) is 48.5 Å². The number of fused-ring (bicyclic) bond motifs is 1. The smallest absolute Gasteiger partial charge is 0.252 e. The molecule has 1 atom stereocenters. The predicted molar refractivity (Wildman–Crippen MR) is 126 cm³/mol. The van der Waals surface area contributed by atoms with Gasteiger partial charge in [0.05, 0.1) is 43.0 Å². The predicted octanol–water partition coefficient (Wildman–Crippen LogP) is 2.72. The van der Waals surface area contributed by atoms with E-state index in [1.807, 2.05) is 48.2 Å². The van der Waals surface area contributed by atoms with Crippen molar-refractivity contribution >= 4 is 22.7 Å². The quantitative estimate of drug-likeness (QED) is 0.606. The van der Waals surface area contributed by atoms with Gasteiger partial charge in [0.15, 0.2) is 0 Å². The summed E-state index contributed by atoms with van der Waals surface area (Å²) >= 11 is 0. The number of aromatic nitrogens is 1. The SMILES string of the molecule is Cc1ccc(CC(=O)N2CCOC(c3cc(C(=O)NCCO)c4ccccc4n3)C2)cc1C. The van der Waals surface area contributed by atoms with E-state index in [2.05, 4.69) is 18.3 Å². The van der Waals surface area contributed by atoms with Crippen molar-refractivity contribution in [3.63, 3.8) is 0 Å². The van der Waals surface area contributed by atoms with Crippen molar-refractivity contribution in [2.24, 2.45) is 0 Å². The van der Waals surface area contributed by atoms with E-state index in [9.17, 15) is 9.59 Å². The maximum atomic E-state index is 13.0. The zero-order chi connectivity index (χ0) is 23.4. The van der Waals surface area contributed by atoms with Crippen LogP contribution in [0.3, 0.4) is 0 Å². The van der Waals surface area contributed by atoms with Gasteiger partial charge in [-0.2, -0.15) is 0 Å². The van der Waals surface area contributed by atoms with Crippen LogP contribution in [0.5, 0.6) is 0 Å². The van der Waals surface area contributed by atoms with Crippen LogP contribution in [0, 0.1) is 13.8 Å². The third kappa shape index (κ3) is 5.21. The summed E-state index contributed by atoms with van der Waals surface area (Å²) < 4.78 is 5.97. The van der Waals surface area contributed by atoms with E-state index in [0.29, 0.717) is 42.9 Å². The molecule has 1 aliphatic heterocycles. The number of nitrogens with one attached hydrogen (secondary N) is 1. The summed E-state index contributed by atoms with van der Waals surface area (Å²) in [5.41, 5.74) is 5.16. The number of aliphatic hydroxyl groups excluding tert-OH is 1. The van der Waals surface area contributed by atoms with Crippen molar-refractivity contribution in [1.82, 2.24) is 15.2 Å². The fourth-order valence-corrected chi connectivity index (χ4v) is 4.07. The molecule has 4 rings (SSSR count). The summed E-state index contributed by atoms with van der Waals surface area (Å²) in [4.78, 5) is 32.3. The molecule has 2 heterocycles. The lowest BCUT2D eigenvalue weighted by atomic mass is 10.0. The first-order valence-electron chi connectivity index (χ1n) is 11.2. The molecule has 172 valence electrons. The van der Waals surface area contributed by atoms with Crippen molar-refractivity contribution in [3.05, 3.63) is 76.5 Å². The second-order valence-electron chi connectivity index (χ2n) is 8.39. The highest BCUT2D eigenvalue weighted by atomic mass is 16.5. The van der Waals surface area contributed by atoms with Gasteiger partial charge in [0.1, 0.15) is 6.10 Å². The van der Waals surface area contributed by atoms with Gasteiger partial charge in [-0.25, -0.2) is 4.98 Å². The number of pyridine rings is 1. The van der Waals surface area contributed by atoms with Crippen molar-refractivity contribution in [1.29, 1.82) is 0 Å². The van der Waals surface area contributed by atoms with E-state index < -0.39 is 6.10 Å². The number of hydrogen-bond acceptors (Lipinski definition) is 5. The number of aliphatic hydroxyl groups is 1. The van der Waals surface area contributed by atoms with Crippen molar-refractivity contribution in [2.75, 3.05) is 32.8 Å². The maximum Gasteiger partial charge on any atom is 0.252 e. The van der Waals surface area contributed by atoms with E-state index >= 15 is 0 Å². The Morgan fingerprint density at radius 1 is 1.15 bits per heavy atom. The number of benzene rings is 2. The molecule has 2 aromatic carbocycles. The Morgan fingerprint density at radius 3 is 2.76 bits per heavy atom. The number of hydrogen-bond donors (Lipinski definition) is 2. The van der Waals surface area contributed by atoms with Crippen LogP contribution in [0.1, 0.15) is 38.8 Å². The molecule has 0 aliphatic carbocycles. The number of carbonyl (C=O) groups is 2. The van der Waals surface area contributed by atoms with Gasteiger partial charge in [-0.15, -0.1) is 0 Å². The lowest BCUT2D eigenvalue weighted by Crippen LogP contribution is -2.43. The van der Waals surface area contributed by atoms with Gasteiger partial charge >= 0.3 is 0 Å². The summed E-state index contributed by atoms with van der Waals surface area (Å²) in [7, 11) is 0. The Morgan fingerprint density at radius 2 is 1.97 bits per heavy atom. The minimum absolute atomic E-state index is 0.0493. The lowest BCUT2D eigenvalue weighted by molar-refractivity contribution is -0.138. The first-order valence-corrected chi connectivity index (χ1v) is 11.2. The van der Waals surface area contributed by atoms with E-state index in [-0.39, 0.29) is 25.0 Å².